The molecule has 0 aromatic heterocycles. The lowest BCUT2D eigenvalue weighted by Crippen LogP contribution is -2.52. The summed E-state index contributed by atoms with van der Waals surface area (Å²) in [6, 6.07) is 2.13. The van der Waals surface area contributed by atoms with Gasteiger partial charge in [-0.3, -0.25) is 0 Å². The van der Waals surface area contributed by atoms with E-state index in [4.69, 9.17) is 5.73 Å². The summed E-state index contributed by atoms with van der Waals surface area (Å²) in [5.74, 6) is -1.21. The molecule has 1 aromatic carbocycles. The molecule has 0 spiro atoms. The fourth-order valence-corrected chi connectivity index (χ4v) is 3.86. The van der Waals surface area contributed by atoms with Gasteiger partial charge >= 0.3 is 12.1 Å². The summed E-state index contributed by atoms with van der Waals surface area (Å²) < 4.78 is 71.3. The molecule has 0 heterocycles. The third-order valence-corrected chi connectivity index (χ3v) is 5.68. The molecule has 0 aliphatic carbocycles. The molecule has 0 fully saturated rings. The van der Waals surface area contributed by atoms with Crippen molar-refractivity contribution in [1.82, 2.24) is 4.72 Å². The molecular weight excluding hydrogens is 361 g/mol. The Morgan fingerprint density at radius 1 is 1.24 bits per heavy atom. The van der Waals surface area contributed by atoms with Crippen LogP contribution in [0.3, 0.4) is 0 Å². The summed E-state index contributed by atoms with van der Waals surface area (Å²) in [6.45, 7) is 3.44. The van der Waals surface area contributed by atoms with E-state index in [1.54, 1.807) is 13.8 Å². The minimum atomic E-state index is -4.92. The Labute approximate surface area is 144 Å². The number of esters is 1. The highest BCUT2D eigenvalue weighted by Crippen LogP contribution is 2.34. The molecule has 10 heteroatoms. The largest absolute Gasteiger partial charge is 0.465 e. The second kappa shape index (κ2) is 7.71. The maximum Gasteiger partial charge on any atom is 0.417 e. The van der Waals surface area contributed by atoms with Crippen LogP contribution < -0.4 is 10.5 Å². The van der Waals surface area contributed by atoms with Crippen molar-refractivity contribution in [2.45, 2.75) is 43.3 Å². The first-order chi connectivity index (χ1) is 11.5. The van der Waals surface area contributed by atoms with Crippen LogP contribution in [0.5, 0.6) is 0 Å². The average molecular weight is 382 g/mol. The number of sulfonamides is 1. The first kappa shape index (κ1) is 21.4. The summed E-state index contributed by atoms with van der Waals surface area (Å²) in [4.78, 5) is 10.9. The van der Waals surface area contributed by atoms with E-state index in [1.165, 1.54) is 0 Å². The first-order valence-electron chi connectivity index (χ1n) is 7.50. The van der Waals surface area contributed by atoms with Crippen LogP contribution in [-0.2, 0) is 20.9 Å². The summed E-state index contributed by atoms with van der Waals surface area (Å²) in [5.41, 5.74) is 2.53. The lowest BCUT2D eigenvalue weighted by molar-refractivity contribution is -0.138. The quantitative estimate of drug-likeness (QED) is 0.705. The average Bonchev–Trinajstić information content (AvgIpc) is 2.57. The molecule has 142 valence electrons. The van der Waals surface area contributed by atoms with E-state index >= 15 is 0 Å². The highest BCUT2D eigenvalue weighted by atomic mass is 32.2. The maximum absolute atomic E-state index is 13.2. The highest BCUT2D eigenvalue weighted by molar-refractivity contribution is 7.89. The zero-order valence-electron chi connectivity index (χ0n) is 14.1. The van der Waals surface area contributed by atoms with Crippen molar-refractivity contribution in [1.29, 1.82) is 0 Å². The minimum absolute atomic E-state index is 0.00833. The number of hydrogen-bond donors (Lipinski definition) is 2. The molecular formula is C15H21F3N2O4S. The van der Waals surface area contributed by atoms with Crippen LogP contribution in [0.1, 0.15) is 42.6 Å². The number of methoxy groups -OCH3 is 1. The van der Waals surface area contributed by atoms with E-state index in [-0.39, 0.29) is 6.54 Å². The Morgan fingerprint density at radius 2 is 1.80 bits per heavy atom. The van der Waals surface area contributed by atoms with E-state index in [0.717, 1.165) is 19.2 Å². The SMILES string of the molecule is CCC(CC)(CN)NS(=O)(=O)c1ccc(C(=O)OC)c(C(F)(F)F)c1. The van der Waals surface area contributed by atoms with E-state index in [1.807, 2.05) is 0 Å². The second-order valence-electron chi connectivity index (χ2n) is 5.49. The van der Waals surface area contributed by atoms with Gasteiger partial charge in [0.05, 0.1) is 23.1 Å². The maximum atomic E-state index is 13.2. The van der Waals surface area contributed by atoms with Crippen molar-refractivity contribution < 1.29 is 31.1 Å². The van der Waals surface area contributed by atoms with Crippen LogP contribution in [0.15, 0.2) is 23.1 Å². The Morgan fingerprint density at radius 3 is 2.20 bits per heavy atom. The standard InChI is InChI=1S/C15H21F3N2O4S/c1-4-14(5-2,9-19)20-25(22,23)10-6-7-11(13(21)24-3)12(8-10)15(16,17)18/h6-8,20H,4-5,9,19H2,1-3H3. The van der Waals surface area contributed by atoms with Gasteiger partial charge in [0, 0.05) is 12.1 Å². The number of nitrogens with two attached hydrogens (primary N) is 1. The molecule has 0 atom stereocenters. The molecule has 6 nitrogen and oxygen atoms in total. The monoisotopic (exact) mass is 382 g/mol. The van der Waals surface area contributed by atoms with Crippen molar-refractivity contribution in [3.8, 4) is 0 Å². The van der Waals surface area contributed by atoms with E-state index < -0.39 is 43.7 Å². The first-order valence-corrected chi connectivity index (χ1v) is 8.98. The molecule has 0 amide bonds. The summed E-state index contributed by atoms with van der Waals surface area (Å²) in [7, 11) is -3.33. The van der Waals surface area contributed by atoms with Gasteiger partial charge in [-0.25, -0.2) is 17.9 Å². The van der Waals surface area contributed by atoms with Crippen molar-refractivity contribution in [2.75, 3.05) is 13.7 Å². The van der Waals surface area contributed by atoms with E-state index in [0.29, 0.717) is 18.9 Å². The zero-order chi connectivity index (χ0) is 19.5. The summed E-state index contributed by atoms with van der Waals surface area (Å²) >= 11 is 0. The Balaban J connectivity index is 3.45. The van der Waals surface area contributed by atoms with Crippen molar-refractivity contribution in [3.05, 3.63) is 29.3 Å². The number of halogens is 3. The molecule has 0 bridgehead atoms. The van der Waals surface area contributed by atoms with Crippen LogP contribution in [0.25, 0.3) is 0 Å². The molecule has 3 N–H and O–H groups in total. The van der Waals surface area contributed by atoms with Gasteiger partial charge in [-0.15, -0.1) is 0 Å². The number of benzene rings is 1. The summed E-state index contributed by atoms with van der Waals surface area (Å²) in [5, 5.41) is 0. The van der Waals surface area contributed by atoms with Gasteiger partial charge in [-0.05, 0) is 31.0 Å². The molecule has 0 saturated carbocycles. The molecule has 1 rings (SSSR count). The lowest BCUT2D eigenvalue weighted by Gasteiger charge is -2.31. The molecule has 0 aliphatic heterocycles. The Bertz CT molecular complexity index is 721. The Kier molecular flexibility index (Phi) is 6.60. The highest BCUT2D eigenvalue weighted by Gasteiger charge is 2.38. The fourth-order valence-electron chi connectivity index (χ4n) is 2.28. The fraction of sp³-hybridized carbons (Fsp3) is 0.533. The molecule has 0 saturated heterocycles. The van der Waals surface area contributed by atoms with Gasteiger partial charge in [0.15, 0.2) is 0 Å². The third kappa shape index (κ3) is 4.71. The van der Waals surface area contributed by atoms with Crippen LogP contribution in [0, 0.1) is 0 Å². The van der Waals surface area contributed by atoms with E-state index in [2.05, 4.69) is 9.46 Å². The van der Waals surface area contributed by atoms with Crippen LogP contribution >= 0.6 is 0 Å². The van der Waals surface area contributed by atoms with Crippen LogP contribution in [0.2, 0.25) is 0 Å². The van der Waals surface area contributed by atoms with Crippen molar-refractivity contribution in [3.63, 3.8) is 0 Å². The summed E-state index contributed by atoms with van der Waals surface area (Å²) in [6.07, 6.45) is -4.19. The zero-order valence-corrected chi connectivity index (χ0v) is 14.9. The Hall–Kier alpha value is -1.65. The number of nitrogens with one attached hydrogen (secondary N) is 1. The smallest absolute Gasteiger partial charge is 0.417 e. The van der Waals surface area contributed by atoms with Gasteiger partial charge in [0.25, 0.3) is 0 Å². The van der Waals surface area contributed by atoms with Crippen molar-refractivity contribution in [2.24, 2.45) is 5.73 Å². The van der Waals surface area contributed by atoms with Gasteiger partial charge in [0.1, 0.15) is 0 Å². The topological polar surface area (TPSA) is 98.5 Å². The van der Waals surface area contributed by atoms with E-state index in [9.17, 15) is 26.4 Å². The number of ether oxygens (including phenoxy) is 1. The van der Waals surface area contributed by atoms with Crippen LogP contribution in [-0.4, -0.2) is 33.6 Å². The second-order valence-corrected chi connectivity index (χ2v) is 7.18. The van der Waals surface area contributed by atoms with Gasteiger partial charge in [-0.2, -0.15) is 13.2 Å². The number of carbonyl (C=O) groups is 1. The number of carbonyl (C=O) groups excluding carboxylic acids is 1. The van der Waals surface area contributed by atoms with Crippen molar-refractivity contribution >= 4 is 16.0 Å². The molecule has 0 radical (unpaired) electrons. The number of hydrogen-bond acceptors (Lipinski definition) is 5. The molecule has 0 aliphatic rings. The third-order valence-electron chi connectivity index (χ3n) is 4.11. The van der Waals surface area contributed by atoms with Crippen LogP contribution in [0.4, 0.5) is 13.2 Å². The number of alkyl halides is 3. The van der Waals surface area contributed by atoms with Gasteiger partial charge in [0.2, 0.25) is 10.0 Å². The van der Waals surface area contributed by atoms with Gasteiger partial charge in [-0.1, -0.05) is 13.8 Å². The predicted molar refractivity (Wildman–Crippen MR) is 85.5 cm³/mol. The van der Waals surface area contributed by atoms with Gasteiger partial charge < -0.3 is 10.5 Å². The minimum Gasteiger partial charge on any atom is -0.465 e. The normalized spacial score (nSPS) is 12.9. The predicted octanol–water partition coefficient (Wildman–Crippen LogP) is 2.29. The molecule has 1 aromatic rings. The molecule has 0 unspecified atom stereocenters. The number of rotatable bonds is 7. The molecule has 25 heavy (non-hydrogen) atoms. The lowest BCUT2D eigenvalue weighted by atomic mass is 9.95.